The van der Waals surface area contributed by atoms with E-state index in [9.17, 15) is 4.79 Å². The monoisotopic (exact) mass is 276 g/mol. The quantitative estimate of drug-likeness (QED) is 0.807. The van der Waals surface area contributed by atoms with Gasteiger partial charge in [0.05, 0.1) is 11.6 Å². The highest BCUT2D eigenvalue weighted by Gasteiger charge is 2.09. The Labute approximate surface area is 117 Å². The molecule has 0 radical (unpaired) electrons. The third-order valence-corrected chi connectivity index (χ3v) is 3.58. The summed E-state index contributed by atoms with van der Waals surface area (Å²) in [5.41, 5.74) is 4.74. The Bertz CT molecular complexity index is 633. The normalized spacial score (nSPS) is 10.7. The molecule has 0 aliphatic heterocycles. The maximum atomic E-state index is 12.0. The predicted molar refractivity (Wildman–Crippen MR) is 78.6 cm³/mol. The number of alkyl halides is 1. The van der Waals surface area contributed by atoms with Crippen molar-refractivity contribution in [1.82, 2.24) is 9.78 Å². The molecule has 2 aromatic rings. The molecule has 0 unspecified atom stereocenters. The van der Waals surface area contributed by atoms with Gasteiger partial charge >= 0.3 is 0 Å². The molecule has 0 amide bonds. The molecule has 1 heterocycles. The molecule has 2 rings (SSSR count). The first kappa shape index (κ1) is 13.8. The van der Waals surface area contributed by atoms with E-state index < -0.39 is 0 Å². The SMILES string of the molecule is CCn1nc(-c2ccc(C)c(C)c2)cc(CCl)c1=O. The van der Waals surface area contributed by atoms with Gasteiger partial charge in [-0.2, -0.15) is 5.10 Å². The van der Waals surface area contributed by atoms with Crippen molar-refractivity contribution in [2.24, 2.45) is 0 Å². The van der Waals surface area contributed by atoms with E-state index in [1.807, 2.05) is 13.0 Å². The number of nitrogens with zero attached hydrogens (tertiary/aromatic N) is 2. The first-order valence-electron chi connectivity index (χ1n) is 6.31. The van der Waals surface area contributed by atoms with Crippen LogP contribution in [0.2, 0.25) is 0 Å². The lowest BCUT2D eigenvalue weighted by Crippen LogP contribution is -2.25. The van der Waals surface area contributed by atoms with Gasteiger partial charge in [0.2, 0.25) is 0 Å². The average Bonchev–Trinajstić information content (AvgIpc) is 2.42. The number of hydrogen-bond donors (Lipinski definition) is 0. The van der Waals surface area contributed by atoms with Gasteiger partial charge in [-0.3, -0.25) is 4.79 Å². The highest BCUT2D eigenvalue weighted by molar-refractivity contribution is 6.17. The highest BCUT2D eigenvalue weighted by Crippen LogP contribution is 2.20. The topological polar surface area (TPSA) is 34.9 Å². The zero-order chi connectivity index (χ0) is 14.0. The van der Waals surface area contributed by atoms with Crippen LogP contribution in [0, 0.1) is 13.8 Å². The maximum Gasteiger partial charge on any atom is 0.271 e. The molecule has 1 aromatic carbocycles. The summed E-state index contributed by atoms with van der Waals surface area (Å²) >= 11 is 5.84. The van der Waals surface area contributed by atoms with Crippen LogP contribution in [0.4, 0.5) is 0 Å². The Morgan fingerprint density at radius 2 is 1.95 bits per heavy atom. The Morgan fingerprint density at radius 3 is 2.53 bits per heavy atom. The van der Waals surface area contributed by atoms with E-state index in [1.165, 1.54) is 15.8 Å². The van der Waals surface area contributed by atoms with Gasteiger partial charge in [-0.25, -0.2) is 4.68 Å². The molecule has 0 aliphatic carbocycles. The smallest absolute Gasteiger partial charge is 0.267 e. The number of aryl methyl sites for hydroxylation is 3. The fourth-order valence-electron chi connectivity index (χ4n) is 1.95. The van der Waals surface area contributed by atoms with Crippen LogP contribution < -0.4 is 5.56 Å². The van der Waals surface area contributed by atoms with Crippen molar-refractivity contribution in [3.63, 3.8) is 0 Å². The second kappa shape index (κ2) is 5.57. The van der Waals surface area contributed by atoms with E-state index in [4.69, 9.17) is 11.6 Å². The van der Waals surface area contributed by atoms with Crippen LogP contribution in [0.5, 0.6) is 0 Å². The predicted octanol–water partition coefficient (Wildman–Crippen LogP) is 3.29. The summed E-state index contributed by atoms with van der Waals surface area (Å²) in [5.74, 6) is 0.208. The lowest BCUT2D eigenvalue weighted by Gasteiger charge is -2.09. The van der Waals surface area contributed by atoms with Crippen LogP contribution in [0.15, 0.2) is 29.1 Å². The van der Waals surface area contributed by atoms with Gasteiger partial charge in [0.15, 0.2) is 0 Å². The zero-order valence-electron chi connectivity index (χ0n) is 11.4. The second-order valence-electron chi connectivity index (χ2n) is 4.61. The fraction of sp³-hybridized carbons (Fsp3) is 0.333. The van der Waals surface area contributed by atoms with Crippen LogP contribution in [0.3, 0.4) is 0 Å². The van der Waals surface area contributed by atoms with Crippen LogP contribution in [-0.4, -0.2) is 9.78 Å². The summed E-state index contributed by atoms with van der Waals surface area (Å²) in [5, 5.41) is 4.39. The molecule has 4 heteroatoms. The first-order valence-corrected chi connectivity index (χ1v) is 6.85. The van der Waals surface area contributed by atoms with Crippen LogP contribution in [0.25, 0.3) is 11.3 Å². The van der Waals surface area contributed by atoms with Crippen molar-refractivity contribution in [2.45, 2.75) is 33.2 Å². The molecular weight excluding hydrogens is 260 g/mol. The van der Waals surface area contributed by atoms with Crippen LogP contribution >= 0.6 is 11.6 Å². The number of halogens is 1. The van der Waals surface area contributed by atoms with Crippen molar-refractivity contribution >= 4 is 11.6 Å². The minimum absolute atomic E-state index is 0.106. The summed E-state index contributed by atoms with van der Waals surface area (Å²) in [6.45, 7) is 6.58. The largest absolute Gasteiger partial charge is 0.271 e. The van der Waals surface area contributed by atoms with E-state index in [0.717, 1.165) is 11.3 Å². The molecule has 0 saturated heterocycles. The third kappa shape index (κ3) is 2.71. The summed E-state index contributed by atoms with van der Waals surface area (Å²) in [7, 11) is 0. The standard InChI is InChI=1S/C15H17ClN2O/c1-4-18-15(19)13(9-16)8-14(17-18)12-6-5-10(2)11(3)7-12/h5-8H,4,9H2,1-3H3. The van der Waals surface area contributed by atoms with E-state index in [1.54, 1.807) is 6.07 Å². The Balaban J connectivity index is 2.61. The van der Waals surface area contributed by atoms with Crippen molar-refractivity contribution in [1.29, 1.82) is 0 Å². The molecule has 0 saturated carbocycles. The van der Waals surface area contributed by atoms with E-state index >= 15 is 0 Å². The first-order chi connectivity index (χ1) is 9.06. The minimum atomic E-state index is -0.106. The number of rotatable bonds is 3. The lowest BCUT2D eigenvalue weighted by atomic mass is 10.0. The molecule has 1 aromatic heterocycles. The van der Waals surface area contributed by atoms with E-state index in [2.05, 4.69) is 31.1 Å². The number of aromatic nitrogens is 2. The highest BCUT2D eigenvalue weighted by atomic mass is 35.5. The van der Waals surface area contributed by atoms with Crippen molar-refractivity contribution in [3.05, 3.63) is 51.3 Å². The Kier molecular flexibility index (Phi) is 4.05. The van der Waals surface area contributed by atoms with Gasteiger partial charge in [-0.05, 0) is 44.0 Å². The fourth-order valence-corrected chi connectivity index (χ4v) is 2.14. The number of hydrogen-bond acceptors (Lipinski definition) is 2. The molecule has 0 N–H and O–H groups in total. The van der Waals surface area contributed by atoms with Crippen molar-refractivity contribution in [2.75, 3.05) is 0 Å². The van der Waals surface area contributed by atoms with E-state index in [-0.39, 0.29) is 11.4 Å². The zero-order valence-corrected chi connectivity index (χ0v) is 12.2. The molecule has 100 valence electrons. The van der Waals surface area contributed by atoms with Gasteiger partial charge < -0.3 is 0 Å². The molecule has 19 heavy (non-hydrogen) atoms. The molecule has 0 bridgehead atoms. The Morgan fingerprint density at radius 1 is 1.21 bits per heavy atom. The van der Waals surface area contributed by atoms with Gasteiger partial charge in [0.25, 0.3) is 5.56 Å². The van der Waals surface area contributed by atoms with E-state index in [0.29, 0.717) is 12.1 Å². The van der Waals surface area contributed by atoms with Crippen molar-refractivity contribution in [3.8, 4) is 11.3 Å². The summed E-state index contributed by atoms with van der Waals surface area (Å²) in [6.07, 6.45) is 0. The second-order valence-corrected chi connectivity index (χ2v) is 4.88. The molecule has 0 aliphatic rings. The summed E-state index contributed by atoms with van der Waals surface area (Å²) < 4.78 is 1.46. The molecular formula is C15H17ClN2O. The molecule has 3 nitrogen and oxygen atoms in total. The third-order valence-electron chi connectivity index (χ3n) is 3.29. The number of benzene rings is 1. The Hall–Kier alpha value is -1.61. The van der Waals surface area contributed by atoms with Crippen LogP contribution in [-0.2, 0) is 12.4 Å². The minimum Gasteiger partial charge on any atom is -0.267 e. The van der Waals surface area contributed by atoms with Crippen LogP contribution in [0.1, 0.15) is 23.6 Å². The summed E-state index contributed by atoms with van der Waals surface area (Å²) in [6, 6.07) is 7.95. The van der Waals surface area contributed by atoms with Crippen molar-refractivity contribution < 1.29 is 0 Å². The van der Waals surface area contributed by atoms with Gasteiger partial charge in [-0.15, -0.1) is 11.6 Å². The van der Waals surface area contributed by atoms with Gasteiger partial charge in [0.1, 0.15) is 0 Å². The molecule has 0 spiro atoms. The average molecular weight is 277 g/mol. The molecule has 0 fully saturated rings. The lowest BCUT2D eigenvalue weighted by molar-refractivity contribution is 0.613. The molecule has 0 atom stereocenters. The maximum absolute atomic E-state index is 12.0. The summed E-state index contributed by atoms with van der Waals surface area (Å²) in [4.78, 5) is 12.0. The van der Waals surface area contributed by atoms with Gasteiger partial charge in [0, 0.05) is 17.7 Å². The van der Waals surface area contributed by atoms with Gasteiger partial charge in [-0.1, -0.05) is 12.1 Å².